The Morgan fingerprint density at radius 3 is 2.14 bits per heavy atom. The summed E-state index contributed by atoms with van der Waals surface area (Å²) in [6, 6.07) is 0. The first kappa shape index (κ1) is 13.1. The van der Waals surface area contributed by atoms with Gasteiger partial charge in [0.2, 0.25) is 0 Å². The van der Waals surface area contributed by atoms with Crippen LogP contribution in [-0.2, 0) is 0 Å². The molecule has 0 aliphatic heterocycles. The summed E-state index contributed by atoms with van der Waals surface area (Å²) in [7, 11) is -0.273. The Labute approximate surface area is 89.2 Å². The van der Waals surface area contributed by atoms with Crippen LogP contribution in [0.2, 0.25) is 0 Å². The molecule has 0 aliphatic rings. The van der Waals surface area contributed by atoms with E-state index in [-0.39, 0.29) is 7.92 Å². The Kier molecular flexibility index (Phi) is 7.06. The van der Waals surface area contributed by atoms with Gasteiger partial charge in [-0.2, -0.15) is 0 Å². The Morgan fingerprint density at radius 2 is 1.79 bits per heavy atom. The zero-order valence-corrected chi connectivity index (χ0v) is 10.2. The van der Waals surface area contributed by atoms with Crippen LogP contribution in [0.3, 0.4) is 0 Å². The molecule has 0 amide bonds. The van der Waals surface area contributed by atoms with Crippen molar-refractivity contribution in [2.24, 2.45) is 0 Å². The molecule has 0 aromatic carbocycles. The first-order valence-corrected chi connectivity index (χ1v) is 6.48. The highest BCUT2D eigenvalue weighted by molar-refractivity contribution is 7.66. The van der Waals surface area contributed by atoms with Crippen molar-refractivity contribution in [1.29, 1.82) is 0 Å². The van der Waals surface area contributed by atoms with Crippen molar-refractivity contribution in [3.05, 3.63) is 60.2 Å². The largest absolute Gasteiger partial charge is 0.0990 e. The minimum absolute atomic E-state index is 0.273. The third-order valence-corrected chi connectivity index (χ3v) is 4.19. The molecule has 0 fully saturated rings. The molecule has 0 radical (unpaired) electrons. The summed E-state index contributed by atoms with van der Waals surface area (Å²) in [6.07, 6.45) is 12.2. The molecule has 1 atom stereocenters. The van der Waals surface area contributed by atoms with Crippen LogP contribution < -0.4 is 0 Å². The van der Waals surface area contributed by atoms with Crippen molar-refractivity contribution >= 4 is 7.92 Å². The van der Waals surface area contributed by atoms with Crippen LogP contribution >= 0.6 is 7.92 Å². The van der Waals surface area contributed by atoms with Crippen molar-refractivity contribution in [2.45, 2.75) is 13.8 Å². The Morgan fingerprint density at radius 1 is 1.14 bits per heavy atom. The maximum absolute atomic E-state index is 3.83. The van der Waals surface area contributed by atoms with Gasteiger partial charge in [-0.05, 0) is 39.1 Å². The van der Waals surface area contributed by atoms with Gasteiger partial charge in [-0.15, -0.1) is 0 Å². The SMILES string of the molecule is C=C/C=C(\C=C/C)P(C)/C(C=C)=C/C. The number of hydrogen-bond acceptors (Lipinski definition) is 0. The lowest BCUT2D eigenvalue weighted by atomic mass is 10.4. The smallest absolute Gasteiger partial charge is 0.0202 e. The molecule has 0 aliphatic carbocycles. The molecule has 0 aromatic heterocycles. The van der Waals surface area contributed by atoms with Crippen LogP contribution in [0.25, 0.3) is 0 Å². The fraction of sp³-hybridized carbons (Fsp3) is 0.231. The minimum atomic E-state index is -0.273. The van der Waals surface area contributed by atoms with Crippen molar-refractivity contribution in [3.8, 4) is 0 Å². The summed E-state index contributed by atoms with van der Waals surface area (Å²) >= 11 is 0. The van der Waals surface area contributed by atoms with E-state index < -0.39 is 0 Å². The number of allylic oxidation sites excluding steroid dienone is 8. The molecule has 0 saturated carbocycles. The summed E-state index contributed by atoms with van der Waals surface area (Å²) in [4.78, 5) is 0. The topological polar surface area (TPSA) is 0 Å². The normalized spacial score (nSPS) is 15.6. The molecule has 0 N–H and O–H groups in total. The van der Waals surface area contributed by atoms with Gasteiger partial charge >= 0.3 is 0 Å². The van der Waals surface area contributed by atoms with Gasteiger partial charge in [-0.3, -0.25) is 0 Å². The minimum Gasteiger partial charge on any atom is -0.0990 e. The molecule has 76 valence electrons. The van der Waals surface area contributed by atoms with Crippen LogP contribution in [0.4, 0.5) is 0 Å². The zero-order chi connectivity index (χ0) is 11.0. The lowest BCUT2D eigenvalue weighted by Gasteiger charge is -2.14. The van der Waals surface area contributed by atoms with Crippen LogP contribution in [-0.4, -0.2) is 6.66 Å². The van der Waals surface area contributed by atoms with E-state index in [4.69, 9.17) is 0 Å². The average Bonchev–Trinajstić information content (AvgIpc) is 2.19. The van der Waals surface area contributed by atoms with Gasteiger partial charge in [0.15, 0.2) is 0 Å². The highest BCUT2D eigenvalue weighted by atomic mass is 31.1. The predicted octanol–water partition coefficient (Wildman–Crippen LogP) is 4.83. The number of rotatable bonds is 5. The van der Waals surface area contributed by atoms with E-state index in [1.165, 1.54) is 10.6 Å². The Balaban J connectivity index is 4.93. The first-order valence-electron chi connectivity index (χ1n) is 4.69. The summed E-state index contributed by atoms with van der Waals surface area (Å²) < 4.78 is 0. The van der Waals surface area contributed by atoms with E-state index in [1.54, 1.807) is 0 Å². The Bertz CT molecular complexity index is 280. The van der Waals surface area contributed by atoms with Gasteiger partial charge in [-0.25, -0.2) is 0 Å². The van der Waals surface area contributed by atoms with E-state index in [0.717, 1.165) is 0 Å². The average molecular weight is 206 g/mol. The third-order valence-electron chi connectivity index (χ3n) is 1.91. The van der Waals surface area contributed by atoms with Crippen molar-refractivity contribution in [2.75, 3.05) is 6.66 Å². The molecule has 0 nitrogen and oxygen atoms in total. The molecule has 0 aromatic rings. The maximum Gasteiger partial charge on any atom is -0.0202 e. The quantitative estimate of drug-likeness (QED) is 0.446. The second-order valence-corrected chi connectivity index (χ2v) is 4.95. The summed E-state index contributed by atoms with van der Waals surface area (Å²) in [5, 5.41) is 2.64. The molecule has 0 spiro atoms. The second-order valence-electron chi connectivity index (χ2n) is 2.80. The maximum atomic E-state index is 3.83. The van der Waals surface area contributed by atoms with E-state index in [9.17, 15) is 0 Å². The van der Waals surface area contributed by atoms with E-state index in [1.807, 2.05) is 19.1 Å². The van der Waals surface area contributed by atoms with Gasteiger partial charge in [0.1, 0.15) is 0 Å². The number of hydrogen-bond donors (Lipinski definition) is 0. The molecule has 0 rings (SSSR count). The van der Waals surface area contributed by atoms with Gasteiger partial charge in [0.25, 0.3) is 0 Å². The highest BCUT2D eigenvalue weighted by Crippen LogP contribution is 2.49. The summed E-state index contributed by atoms with van der Waals surface area (Å²) in [5.41, 5.74) is 0. The molecule has 0 heterocycles. The van der Waals surface area contributed by atoms with E-state index >= 15 is 0 Å². The van der Waals surface area contributed by atoms with Crippen LogP contribution in [0, 0.1) is 0 Å². The van der Waals surface area contributed by atoms with Gasteiger partial charge in [0.05, 0.1) is 0 Å². The highest BCUT2D eigenvalue weighted by Gasteiger charge is 2.06. The monoisotopic (exact) mass is 206 g/mol. The first-order chi connectivity index (χ1) is 6.71. The Hall–Kier alpha value is -0.870. The third kappa shape index (κ3) is 3.89. The molecule has 1 heteroatoms. The predicted molar refractivity (Wildman–Crippen MR) is 69.9 cm³/mol. The molecule has 1 unspecified atom stereocenters. The molecule has 14 heavy (non-hydrogen) atoms. The van der Waals surface area contributed by atoms with Gasteiger partial charge in [-0.1, -0.05) is 49.6 Å². The summed E-state index contributed by atoms with van der Waals surface area (Å²) in [5.74, 6) is 0. The molecular formula is C13H19P. The molecule has 0 bridgehead atoms. The van der Waals surface area contributed by atoms with Crippen molar-refractivity contribution < 1.29 is 0 Å². The second kappa shape index (κ2) is 7.53. The lowest BCUT2D eigenvalue weighted by Crippen LogP contribution is -1.79. The fourth-order valence-electron chi connectivity index (χ4n) is 1.17. The van der Waals surface area contributed by atoms with E-state index in [2.05, 4.69) is 51.1 Å². The summed E-state index contributed by atoms with van der Waals surface area (Å²) in [6.45, 7) is 13.9. The standard InChI is InChI=1S/C13H19P/c1-6-10-13(11-7-2)14(5)12(8-3)9-4/h6-11H,1,3H2,2,4-5H3/b11-7-,12-9+,13-10+. The zero-order valence-electron chi connectivity index (χ0n) is 9.33. The molecular weight excluding hydrogens is 187 g/mol. The van der Waals surface area contributed by atoms with Crippen LogP contribution in [0.15, 0.2) is 60.2 Å². The van der Waals surface area contributed by atoms with Crippen molar-refractivity contribution in [1.82, 2.24) is 0 Å². The fourth-order valence-corrected chi connectivity index (χ4v) is 2.83. The van der Waals surface area contributed by atoms with Gasteiger partial charge in [0, 0.05) is 0 Å². The van der Waals surface area contributed by atoms with Crippen LogP contribution in [0.5, 0.6) is 0 Å². The molecule has 0 saturated heterocycles. The van der Waals surface area contributed by atoms with Gasteiger partial charge < -0.3 is 0 Å². The van der Waals surface area contributed by atoms with Crippen LogP contribution in [0.1, 0.15) is 13.8 Å². The van der Waals surface area contributed by atoms with Crippen molar-refractivity contribution in [3.63, 3.8) is 0 Å². The lowest BCUT2D eigenvalue weighted by molar-refractivity contribution is 1.67. The van der Waals surface area contributed by atoms with E-state index in [0.29, 0.717) is 0 Å².